The van der Waals surface area contributed by atoms with Crippen molar-refractivity contribution < 1.29 is 4.79 Å². The molecule has 0 atom stereocenters. The summed E-state index contributed by atoms with van der Waals surface area (Å²) >= 11 is 1.47. The normalized spacial score (nSPS) is 13.6. The Morgan fingerprint density at radius 1 is 1.10 bits per heavy atom. The molecule has 0 bridgehead atoms. The summed E-state index contributed by atoms with van der Waals surface area (Å²) in [6, 6.07) is 16.5. The summed E-state index contributed by atoms with van der Waals surface area (Å²) in [5.74, 6) is 1.35. The molecule has 2 aromatic heterocycles. The van der Waals surface area contributed by atoms with E-state index in [9.17, 15) is 4.79 Å². The lowest BCUT2D eigenvalue weighted by atomic mass is 10.00. The summed E-state index contributed by atoms with van der Waals surface area (Å²) < 4.78 is 2.08. The van der Waals surface area contributed by atoms with Gasteiger partial charge in [-0.3, -0.25) is 4.79 Å². The maximum Gasteiger partial charge on any atom is 0.233 e. The van der Waals surface area contributed by atoms with Crippen LogP contribution in [0.4, 0.5) is 0 Å². The number of nitrogens with zero attached hydrogens (tertiary/aromatic N) is 4. The fourth-order valence-electron chi connectivity index (χ4n) is 4.06. The molecule has 0 fully saturated rings. The van der Waals surface area contributed by atoms with E-state index in [1.807, 2.05) is 29.3 Å². The Balaban J connectivity index is 1.32. The first-order valence-corrected chi connectivity index (χ1v) is 11.2. The van der Waals surface area contributed by atoms with Gasteiger partial charge < -0.3 is 14.5 Å². The summed E-state index contributed by atoms with van der Waals surface area (Å²) in [7, 11) is 0. The SMILES string of the molecule is CCn1c(SCC(=O)N2CCc3ccccc3C2)nnc1-c1c[nH]c2ccccc12. The lowest BCUT2D eigenvalue weighted by Gasteiger charge is -2.28. The van der Waals surface area contributed by atoms with Crippen LogP contribution in [0.5, 0.6) is 0 Å². The maximum atomic E-state index is 12.8. The highest BCUT2D eigenvalue weighted by atomic mass is 32.2. The monoisotopic (exact) mass is 417 g/mol. The summed E-state index contributed by atoms with van der Waals surface area (Å²) in [4.78, 5) is 18.1. The topological polar surface area (TPSA) is 66.8 Å². The van der Waals surface area contributed by atoms with Gasteiger partial charge in [0.2, 0.25) is 5.91 Å². The van der Waals surface area contributed by atoms with Crippen molar-refractivity contribution in [3.05, 3.63) is 65.9 Å². The van der Waals surface area contributed by atoms with Gasteiger partial charge >= 0.3 is 0 Å². The molecule has 0 saturated carbocycles. The molecule has 1 aliphatic rings. The number of para-hydroxylation sites is 1. The van der Waals surface area contributed by atoms with E-state index in [0.29, 0.717) is 12.3 Å². The van der Waals surface area contributed by atoms with E-state index in [2.05, 4.69) is 57.0 Å². The molecule has 4 aromatic rings. The van der Waals surface area contributed by atoms with Crippen LogP contribution in [0.1, 0.15) is 18.1 Å². The molecule has 0 aliphatic carbocycles. The number of thioether (sulfide) groups is 1. The Hall–Kier alpha value is -3.06. The number of benzene rings is 2. The molecule has 3 heterocycles. The number of hydrogen-bond acceptors (Lipinski definition) is 4. The van der Waals surface area contributed by atoms with Gasteiger partial charge in [0.05, 0.1) is 5.75 Å². The minimum atomic E-state index is 0.147. The van der Waals surface area contributed by atoms with Crippen molar-refractivity contribution in [2.45, 2.75) is 31.6 Å². The quantitative estimate of drug-likeness (QED) is 0.496. The Morgan fingerprint density at radius 2 is 1.90 bits per heavy atom. The number of carbonyl (C=O) groups excluding carboxylic acids is 1. The van der Waals surface area contributed by atoms with Crippen LogP contribution in [0.15, 0.2) is 59.9 Å². The Labute approximate surface area is 179 Å². The molecule has 6 nitrogen and oxygen atoms in total. The van der Waals surface area contributed by atoms with E-state index in [0.717, 1.165) is 47.0 Å². The fourth-order valence-corrected chi connectivity index (χ4v) is 4.97. The lowest BCUT2D eigenvalue weighted by Crippen LogP contribution is -2.37. The second-order valence-corrected chi connectivity index (χ2v) is 8.36. The second-order valence-electron chi connectivity index (χ2n) is 7.42. The average molecular weight is 418 g/mol. The summed E-state index contributed by atoms with van der Waals surface area (Å²) in [5.41, 5.74) is 4.71. The molecule has 0 unspecified atom stereocenters. The van der Waals surface area contributed by atoms with Crippen LogP contribution in [-0.4, -0.2) is 42.9 Å². The first-order chi connectivity index (χ1) is 14.7. The molecule has 1 N–H and O–H groups in total. The Bertz CT molecular complexity index is 1210. The highest BCUT2D eigenvalue weighted by molar-refractivity contribution is 7.99. The van der Waals surface area contributed by atoms with Gasteiger partial charge in [-0.25, -0.2) is 0 Å². The van der Waals surface area contributed by atoms with Crippen LogP contribution >= 0.6 is 11.8 Å². The lowest BCUT2D eigenvalue weighted by molar-refractivity contribution is -0.129. The molecule has 152 valence electrons. The van der Waals surface area contributed by atoms with Gasteiger partial charge in [-0.05, 0) is 30.5 Å². The van der Waals surface area contributed by atoms with Crippen LogP contribution in [0.25, 0.3) is 22.3 Å². The van der Waals surface area contributed by atoms with Gasteiger partial charge in [-0.2, -0.15) is 0 Å². The van der Waals surface area contributed by atoms with Crippen molar-refractivity contribution in [2.24, 2.45) is 0 Å². The van der Waals surface area contributed by atoms with Crippen molar-refractivity contribution in [3.8, 4) is 11.4 Å². The first-order valence-electron chi connectivity index (χ1n) is 10.2. The number of aromatic amines is 1. The predicted molar refractivity (Wildman–Crippen MR) is 119 cm³/mol. The number of amides is 1. The predicted octanol–water partition coefficient (Wildman–Crippen LogP) is 4.12. The minimum Gasteiger partial charge on any atom is -0.360 e. The standard InChI is InChI=1S/C23H23N5OS/c1-2-28-22(19-13-24-20-10-6-5-9-18(19)20)25-26-23(28)30-15-21(29)27-12-11-16-7-3-4-8-17(16)14-27/h3-10,13,24H,2,11-12,14-15H2,1H3. The van der Waals surface area contributed by atoms with E-state index < -0.39 is 0 Å². The molecule has 5 rings (SSSR count). The maximum absolute atomic E-state index is 12.8. The molecule has 0 saturated heterocycles. The molecule has 1 aliphatic heterocycles. The third-order valence-corrected chi connectivity index (χ3v) is 6.62. The van der Waals surface area contributed by atoms with Gasteiger partial charge in [-0.15, -0.1) is 10.2 Å². The zero-order chi connectivity index (χ0) is 20.5. The third kappa shape index (κ3) is 3.39. The van der Waals surface area contributed by atoms with Gasteiger partial charge in [0.15, 0.2) is 11.0 Å². The number of nitrogens with one attached hydrogen (secondary N) is 1. The van der Waals surface area contributed by atoms with Crippen molar-refractivity contribution in [1.29, 1.82) is 0 Å². The number of carbonyl (C=O) groups is 1. The van der Waals surface area contributed by atoms with Crippen molar-refractivity contribution in [3.63, 3.8) is 0 Å². The molecule has 0 spiro atoms. The van der Waals surface area contributed by atoms with Crippen molar-refractivity contribution in [1.82, 2.24) is 24.6 Å². The molecular weight excluding hydrogens is 394 g/mol. The van der Waals surface area contributed by atoms with Crippen LogP contribution in [-0.2, 0) is 24.3 Å². The zero-order valence-corrected chi connectivity index (χ0v) is 17.7. The number of hydrogen-bond donors (Lipinski definition) is 1. The van der Waals surface area contributed by atoms with Gasteiger partial charge in [0, 0.05) is 42.3 Å². The smallest absolute Gasteiger partial charge is 0.233 e. The number of fused-ring (bicyclic) bond motifs is 2. The highest BCUT2D eigenvalue weighted by Gasteiger charge is 2.22. The third-order valence-electron chi connectivity index (χ3n) is 5.67. The van der Waals surface area contributed by atoms with Crippen LogP contribution in [0.2, 0.25) is 0 Å². The molecule has 7 heteroatoms. The molecular formula is C23H23N5OS. The van der Waals surface area contributed by atoms with Crippen molar-refractivity contribution >= 4 is 28.6 Å². The fraction of sp³-hybridized carbons (Fsp3) is 0.261. The van der Waals surface area contributed by atoms with Gasteiger partial charge in [-0.1, -0.05) is 54.2 Å². The summed E-state index contributed by atoms with van der Waals surface area (Å²) in [6.45, 7) is 4.29. The summed E-state index contributed by atoms with van der Waals surface area (Å²) in [6.07, 6.45) is 2.90. The van der Waals surface area contributed by atoms with E-state index in [1.165, 1.54) is 22.9 Å². The highest BCUT2D eigenvalue weighted by Crippen LogP contribution is 2.30. The molecule has 0 radical (unpaired) electrons. The van der Waals surface area contributed by atoms with Crippen LogP contribution < -0.4 is 0 Å². The minimum absolute atomic E-state index is 0.147. The first kappa shape index (κ1) is 18.9. The van der Waals surface area contributed by atoms with E-state index in [4.69, 9.17) is 0 Å². The number of aromatic nitrogens is 4. The second kappa shape index (κ2) is 7.99. The summed E-state index contributed by atoms with van der Waals surface area (Å²) in [5, 5.41) is 10.7. The number of rotatable bonds is 5. The Kier molecular flexibility index (Phi) is 5.04. The molecule has 2 aromatic carbocycles. The molecule has 30 heavy (non-hydrogen) atoms. The van der Waals surface area contributed by atoms with Crippen LogP contribution in [0, 0.1) is 0 Å². The van der Waals surface area contributed by atoms with E-state index in [1.54, 1.807) is 0 Å². The Morgan fingerprint density at radius 3 is 2.77 bits per heavy atom. The molecule has 1 amide bonds. The van der Waals surface area contributed by atoms with Gasteiger partial charge in [0.25, 0.3) is 0 Å². The number of H-pyrrole nitrogens is 1. The largest absolute Gasteiger partial charge is 0.360 e. The van der Waals surface area contributed by atoms with Gasteiger partial charge in [0.1, 0.15) is 0 Å². The zero-order valence-electron chi connectivity index (χ0n) is 16.8. The van der Waals surface area contributed by atoms with Crippen molar-refractivity contribution in [2.75, 3.05) is 12.3 Å². The van der Waals surface area contributed by atoms with E-state index >= 15 is 0 Å². The van der Waals surface area contributed by atoms with E-state index in [-0.39, 0.29) is 5.91 Å². The average Bonchev–Trinajstić information content (AvgIpc) is 3.40. The van der Waals surface area contributed by atoms with Crippen LogP contribution in [0.3, 0.4) is 0 Å².